The third-order valence-electron chi connectivity index (χ3n) is 3.47. The fourth-order valence-electron chi connectivity index (χ4n) is 2.01. The van der Waals surface area contributed by atoms with Gasteiger partial charge >= 0.3 is 0 Å². The summed E-state index contributed by atoms with van der Waals surface area (Å²) in [7, 11) is 0. The molecule has 1 saturated carbocycles. The molecule has 122 valence electrons. The van der Waals surface area contributed by atoms with E-state index in [1.54, 1.807) is 11.6 Å². The maximum atomic E-state index is 13.5. The fourth-order valence-corrected chi connectivity index (χ4v) is 2.81. The van der Waals surface area contributed by atoms with Crippen LogP contribution in [0, 0.1) is 11.6 Å². The summed E-state index contributed by atoms with van der Waals surface area (Å²) in [6.45, 7) is 1.70. The van der Waals surface area contributed by atoms with Crippen LogP contribution in [0.3, 0.4) is 0 Å². The van der Waals surface area contributed by atoms with E-state index in [0.29, 0.717) is 17.6 Å². The predicted molar refractivity (Wildman–Crippen MR) is 81.8 cm³/mol. The summed E-state index contributed by atoms with van der Waals surface area (Å²) in [5, 5.41) is 13.5. The molecule has 0 bridgehead atoms. The minimum absolute atomic E-state index is 0.162. The van der Waals surface area contributed by atoms with Crippen LogP contribution in [0.2, 0.25) is 0 Å². The highest BCUT2D eigenvalue weighted by Gasteiger charge is 2.28. The molecule has 0 radical (unpaired) electrons. The van der Waals surface area contributed by atoms with Gasteiger partial charge in [0.15, 0.2) is 5.82 Å². The molecule has 6 nitrogen and oxygen atoms in total. The largest absolute Gasteiger partial charge is 0.323 e. The molecule has 1 aromatic carbocycles. The van der Waals surface area contributed by atoms with Crippen molar-refractivity contribution in [3.8, 4) is 0 Å². The Hall–Kier alpha value is -2.03. The minimum Gasteiger partial charge on any atom is -0.323 e. The molecule has 1 amide bonds. The number of nitrogens with zero attached hydrogens (tertiary/aromatic N) is 4. The van der Waals surface area contributed by atoms with Crippen molar-refractivity contribution in [3.63, 3.8) is 0 Å². The summed E-state index contributed by atoms with van der Waals surface area (Å²) in [6.07, 6.45) is 2.13. The number of amides is 1. The van der Waals surface area contributed by atoms with Gasteiger partial charge in [0.25, 0.3) is 0 Å². The highest BCUT2D eigenvalue weighted by Crippen LogP contribution is 2.35. The molecular weight excluding hydrogens is 324 g/mol. The number of benzene rings is 1. The van der Waals surface area contributed by atoms with Crippen LogP contribution in [0.4, 0.5) is 14.5 Å². The van der Waals surface area contributed by atoms with Gasteiger partial charge in [0.1, 0.15) is 11.6 Å². The Labute approximate surface area is 135 Å². The average molecular weight is 339 g/mol. The molecule has 1 N–H and O–H groups in total. The summed E-state index contributed by atoms with van der Waals surface area (Å²) < 4.78 is 28.4. The highest BCUT2D eigenvalue weighted by molar-refractivity contribution is 7.99. The van der Waals surface area contributed by atoms with Gasteiger partial charge in [-0.25, -0.2) is 13.5 Å². The zero-order valence-electron chi connectivity index (χ0n) is 12.4. The second-order valence-electron chi connectivity index (χ2n) is 5.34. The van der Waals surface area contributed by atoms with Crippen molar-refractivity contribution in [3.05, 3.63) is 35.7 Å². The molecule has 1 aliphatic carbocycles. The van der Waals surface area contributed by atoms with E-state index >= 15 is 0 Å². The molecule has 0 saturated heterocycles. The SMILES string of the molecule is CC(SCc1nnnn1C1CC1)C(=O)Nc1cc(F)ccc1F. The Morgan fingerprint density at radius 1 is 1.48 bits per heavy atom. The van der Waals surface area contributed by atoms with E-state index in [-0.39, 0.29) is 5.69 Å². The molecule has 23 heavy (non-hydrogen) atoms. The zero-order valence-corrected chi connectivity index (χ0v) is 13.2. The number of nitrogens with one attached hydrogen (secondary N) is 1. The van der Waals surface area contributed by atoms with E-state index in [4.69, 9.17) is 0 Å². The standard InChI is InChI=1S/C14H15F2N5OS/c1-8(14(22)17-12-6-9(15)2-5-11(12)16)23-7-13-18-19-20-21(13)10-3-4-10/h2,5-6,8,10H,3-4,7H2,1H3,(H,17,22). The van der Waals surface area contributed by atoms with Crippen LogP contribution >= 0.6 is 11.8 Å². The Kier molecular flexibility index (Phi) is 4.56. The Bertz CT molecular complexity index is 719. The number of carbonyl (C=O) groups is 1. The fraction of sp³-hybridized carbons (Fsp3) is 0.429. The number of rotatable bonds is 6. The summed E-state index contributed by atoms with van der Waals surface area (Å²) in [6, 6.07) is 3.30. The van der Waals surface area contributed by atoms with E-state index in [2.05, 4.69) is 20.8 Å². The molecule has 1 aliphatic rings. The lowest BCUT2D eigenvalue weighted by Crippen LogP contribution is -2.23. The van der Waals surface area contributed by atoms with E-state index in [1.165, 1.54) is 11.8 Å². The van der Waals surface area contributed by atoms with Gasteiger partial charge in [0.2, 0.25) is 5.91 Å². The molecule has 0 spiro atoms. The van der Waals surface area contributed by atoms with Gasteiger partial charge < -0.3 is 5.32 Å². The summed E-state index contributed by atoms with van der Waals surface area (Å²) in [5.74, 6) is -0.483. The summed E-state index contributed by atoms with van der Waals surface area (Å²) in [4.78, 5) is 12.1. The third kappa shape index (κ3) is 3.84. The molecule has 1 unspecified atom stereocenters. The first kappa shape index (κ1) is 15.9. The molecule has 2 aromatic rings. The van der Waals surface area contributed by atoms with Crippen molar-refractivity contribution < 1.29 is 13.6 Å². The van der Waals surface area contributed by atoms with Crippen LogP contribution in [0.1, 0.15) is 31.6 Å². The first-order valence-corrected chi connectivity index (χ1v) is 8.23. The Morgan fingerprint density at radius 2 is 2.26 bits per heavy atom. The van der Waals surface area contributed by atoms with E-state index in [9.17, 15) is 13.6 Å². The van der Waals surface area contributed by atoms with Crippen LogP contribution in [0.25, 0.3) is 0 Å². The second kappa shape index (κ2) is 6.61. The van der Waals surface area contributed by atoms with Crippen LogP contribution in [-0.4, -0.2) is 31.4 Å². The summed E-state index contributed by atoms with van der Waals surface area (Å²) in [5.41, 5.74) is -0.162. The summed E-state index contributed by atoms with van der Waals surface area (Å²) >= 11 is 1.34. The number of anilines is 1. The second-order valence-corrected chi connectivity index (χ2v) is 6.67. The monoisotopic (exact) mass is 339 g/mol. The number of tetrazole rings is 1. The normalized spacial score (nSPS) is 15.4. The molecule has 1 atom stereocenters. The van der Waals surface area contributed by atoms with Crippen molar-refractivity contribution >= 4 is 23.4 Å². The lowest BCUT2D eigenvalue weighted by Gasteiger charge is -2.12. The van der Waals surface area contributed by atoms with Crippen LogP contribution in [0.15, 0.2) is 18.2 Å². The first-order chi connectivity index (χ1) is 11.0. The zero-order chi connectivity index (χ0) is 16.4. The van der Waals surface area contributed by atoms with Crippen molar-refractivity contribution in [1.82, 2.24) is 20.2 Å². The van der Waals surface area contributed by atoms with Gasteiger partial charge in [-0.05, 0) is 42.3 Å². The third-order valence-corrected chi connectivity index (χ3v) is 4.61. The lowest BCUT2D eigenvalue weighted by molar-refractivity contribution is -0.115. The molecule has 3 rings (SSSR count). The number of thioether (sulfide) groups is 1. The molecular formula is C14H15F2N5OS. The van der Waals surface area contributed by atoms with Gasteiger partial charge in [-0.1, -0.05) is 0 Å². The van der Waals surface area contributed by atoms with Gasteiger partial charge in [0, 0.05) is 6.07 Å². The van der Waals surface area contributed by atoms with Crippen LogP contribution < -0.4 is 5.32 Å². The number of aromatic nitrogens is 4. The van der Waals surface area contributed by atoms with Gasteiger partial charge in [-0.15, -0.1) is 16.9 Å². The lowest BCUT2D eigenvalue weighted by atomic mass is 10.3. The van der Waals surface area contributed by atoms with E-state index in [1.807, 2.05) is 0 Å². The molecule has 1 heterocycles. The quantitative estimate of drug-likeness (QED) is 0.876. The molecule has 1 aromatic heterocycles. The maximum Gasteiger partial charge on any atom is 0.237 e. The predicted octanol–water partition coefficient (Wildman–Crippen LogP) is 2.55. The smallest absolute Gasteiger partial charge is 0.237 e. The van der Waals surface area contributed by atoms with Crippen LogP contribution in [-0.2, 0) is 10.5 Å². The van der Waals surface area contributed by atoms with E-state index < -0.39 is 22.8 Å². The first-order valence-electron chi connectivity index (χ1n) is 7.19. The highest BCUT2D eigenvalue weighted by atomic mass is 32.2. The van der Waals surface area contributed by atoms with Gasteiger partial charge in [-0.2, -0.15) is 0 Å². The molecule has 0 aliphatic heterocycles. The molecule has 9 heteroatoms. The maximum absolute atomic E-state index is 13.5. The molecule has 1 fully saturated rings. The van der Waals surface area contributed by atoms with Crippen molar-refractivity contribution in [1.29, 1.82) is 0 Å². The topological polar surface area (TPSA) is 72.7 Å². The van der Waals surface area contributed by atoms with Crippen LogP contribution in [0.5, 0.6) is 0 Å². The van der Waals surface area contributed by atoms with Crippen molar-refractivity contribution in [2.24, 2.45) is 0 Å². The number of carbonyl (C=O) groups excluding carboxylic acids is 1. The number of halogens is 2. The number of hydrogen-bond donors (Lipinski definition) is 1. The van der Waals surface area contributed by atoms with Gasteiger partial charge in [0.05, 0.1) is 22.7 Å². The van der Waals surface area contributed by atoms with E-state index in [0.717, 1.165) is 31.0 Å². The average Bonchev–Trinajstić information content (AvgIpc) is 3.27. The van der Waals surface area contributed by atoms with Gasteiger partial charge in [-0.3, -0.25) is 4.79 Å². The van der Waals surface area contributed by atoms with Crippen molar-refractivity contribution in [2.45, 2.75) is 36.8 Å². The Morgan fingerprint density at radius 3 is 3.00 bits per heavy atom. The van der Waals surface area contributed by atoms with Crippen molar-refractivity contribution in [2.75, 3.05) is 5.32 Å². The Balaban J connectivity index is 1.57. The minimum atomic E-state index is -0.672. The number of hydrogen-bond acceptors (Lipinski definition) is 5.